The second kappa shape index (κ2) is 7.61. The fourth-order valence-electron chi connectivity index (χ4n) is 2.76. The van der Waals surface area contributed by atoms with E-state index >= 15 is 0 Å². The summed E-state index contributed by atoms with van der Waals surface area (Å²) in [6.45, 7) is 0. The molecule has 0 radical (unpaired) electrons. The van der Waals surface area contributed by atoms with Gasteiger partial charge >= 0.3 is 0 Å². The van der Waals surface area contributed by atoms with E-state index in [0.29, 0.717) is 22.2 Å². The van der Waals surface area contributed by atoms with Crippen molar-refractivity contribution in [3.05, 3.63) is 66.4 Å². The van der Waals surface area contributed by atoms with Crippen LogP contribution in [0.25, 0.3) is 22.6 Å². The molecule has 4 rings (SSSR count). The number of amides is 1. The molecule has 0 aliphatic carbocycles. The molecular weight excluding hydrogens is 374 g/mol. The van der Waals surface area contributed by atoms with Crippen molar-refractivity contribution in [1.29, 1.82) is 0 Å². The fraction of sp³-hybridized carbons (Fsp3) is 0.100. The molecule has 0 aliphatic heterocycles. The standard InChI is InChI=1S/C20H17N5O2S/c1-25-12-16(17(23-25)13-6-4-3-5-7-13)19(26)22-20-21-18(24-28-20)14-8-10-15(27-2)11-9-14/h3-12H,1-2H3,(H,21,22,24,26). The number of nitrogens with zero attached hydrogens (tertiary/aromatic N) is 4. The Morgan fingerprint density at radius 2 is 1.82 bits per heavy atom. The van der Waals surface area contributed by atoms with Crippen molar-refractivity contribution >= 4 is 22.6 Å². The highest BCUT2D eigenvalue weighted by Crippen LogP contribution is 2.25. The van der Waals surface area contributed by atoms with Crippen molar-refractivity contribution in [3.63, 3.8) is 0 Å². The molecule has 1 amide bonds. The molecule has 2 aromatic heterocycles. The van der Waals surface area contributed by atoms with Crippen LogP contribution < -0.4 is 10.1 Å². The minimum absolute atomic E-state index is 0.274. The van der Waals surface area contributed by atoms with Crippen molar-refractivity contribution in [2.45, 2.75) is 0 Å². The highest BCUT2D eigenvalue weighted by molar-refractivity contribution is 7.10. The normalized spacial score (nSPS) is 10.6. The Labute approximate surface area is 165 Å². The first-order valence-electron chi connectivity index (χ1n) is 8.52. The van der Waals surface area contributed by atoms with Gasteiger partial charge in [0.15, 0.2) is 5.82 Å². The zero-order valence-corrected chi connectivity index (χ0v) is 16.1. The Balaban J connectivity index is 1.56. The summed E-state index contributed by atoms with van der Waals surface area (Å²) in [6.07, 6.45) is 1.70. The summed E-state index contributed by atoms with van der Waals surface area (Å²) in [4.78, 5) is 17.2. The van der Waals surface area contributed by atoms with Gasteiger partial charge < -0.3 is 4.74 Å². The van der Waals surface area contributed by atoms with E-state index in [1.807, 2.05) is 54.6 Å². The summed E-state index contributed by atoms with van der Waals surface area (Å²) in [5.41, 5.74) is 2.84. The van der Waals surface area contributed by atoms with Crippen LogP contribution >= 0.6 is 11.5 Å². The molecule has 4 aromatic rings. The third-order valence-electron chi connectivity index (χ3n) is 4.12. The monoisotopic (exact) mass is 391 g/mol. The molecule has 0 atom stereocenters. The van der Waals surface area contributed by atoms with Gasteiger partial charge in [0, 0.05) is 35.9 Å². The Morgan fingerprint density at radius 1 is 1.07 bits per heavy atom. The first-order valence-corrected chi connectivity index (χ1v) is 9.30. The van der Waals surface area contributed by atoms with E-state index in [1.165, 1.54) is 0 Å². The average Bonchev–Trinajstić information content (AvgIpc) is 3.35. The fourth-order valence-corrected chi connectivity index (χ4v) is 3.34. The van der Waals surface area contributed by atoms with Crippen LogP contribution in [0.5, 0.6) is 5.75 Å². The van der Waals surface area contributed by atoms with E-state index in [2.05, 4.69) is 19.8 Å². The lowest BCUT2D eigenvalue weighted by atomic mass is 10.1. The SMILES string of the molecule is COc1ccc(-c2nsc(NC(=O)c3cn(C)nc3-c3ccccc3)n2)cc1. The predicted octanol–water partition coefficient (Wildman–Crippen LogP) is 3.87. The quantitative estimate of drug-likeness (QED) is 0.558. The summed E-state index contributed by atoms with van der Waals surface area (Å²) in [5, 5.41) is 7.68. The zero-order valence-electron chi connectivity index (χ0n) is 15.3. The zero-order chi connectivity index (χ0) is 19.5. The Bertz CT molecular complexity index is 1100. The maximum Gasteiger partial charge on any atom is 0.261 e. The number of carbonyl (C=O) groups excluding carboxylic acids is 1. The third kappa shape index (κ3) is 3.63. The average molecular weight is 391 g/mol. The van der Waals surface area contributed by atoms with Gasteiger partial charge in [0.2, 0.25) is 5.13 Å². The van der Waals surface area contributed by atoms with Crippen LogP contribution in [0, 0.1) is 0 Å². The molecule has 0 spiro atoms. The van der Waals surface area contributed by atoms with E-state index in [9.17, 15) is 4.79 Å². The molecule has 2 aromatic carbocycles. The van der Waals surface area contributed by atoms with E-state index in [-0.39, 0.29) is 5.91 Å². The number of hydrogen-bond donors (Lipinski definition) is 1. The summed E-state index contributed by atoms with van der Waals surface area (Å²) >= 11 is 1.13. The van der Waals surface area contributed by atoms with Crippen molar-refractivity contribution < 1.29 is 9.53 Å². The number of nitrogens with one attached hydrogen (secondary N) is 1. The molecule has 7 nitrogen and oxygen atoms in total. The molecule has 8 heteroatoms. The largest absolute Gasteiger partial charge is 0.497 e. The molecular formula is C20H17N5O2S. The second-order valence-corrected chi connectivity index (χ2v) is 6.79. The maximum atomic E-state index is 12.8. The molecule has 2 heterocycles. The maximum absolute atomic E-state index is 12.8. The van der Waals surface area contributed by atoms with Gasteiger partial charge in [-0.1, -0.05) is 30.3 Å². The second-order valence-electron chi connectivity index (χ2n) is 6.04. The van der Waals surface area contributed by atoms with Crippen molar-refractivity contribution in [2.75, 3.05) is 12.4 Å². The predicted molar refractivity (Wildman–Crippen MR) is 108 cm³/mol. The lowest BCUT2D eigenvalue weighted by molar-refractivity contribution is 0.102. The number of aryl methyl sites for hydroxylation is 1. The van der Waals surface area contributed by atoms with E-state index in [0.717, 1.165) is 28.4 Å². The van der Waals surface area contributed by atoms with Gasteiger partial charge in [-0.2, -0.15) is 14.5 Å². The van der Waals surface area contributed by atoms with E-state index in [1.54, 1.807) is 25.0 Å². The van der Waals surface area contributed by atoms with Gasteiger partial charge in [-0.3, -0.25) is 14.8 Å². The molecule has 0 fully saturated rings. The van der Waals surface area contributed by atoms with Crippen LogP contribution in [-0.4, -0.2) is 32.2 Å². The first-order chi connectivity index (χ1) is 13.6. The van der Waals surface area contributed by atoms with E-state index < -0.39 is 0 Å². The molecule has 0 unspecified atom stereocenters. The third-order valence-corrected chi connectivity index (χ3v) is 4.75. The summed E-state index contributed by atoms with van der Waals surface area (Å²) in [7, 11) is 3.40. The van der Waals surface area contributed by atoms with Crippen LogP contribution in [-0.2, 0) is 7.05 Å². The van der Waals surface area contributed by atoms with Gasteiger partial charge in [0.25, 0.3) is 5.91 Å². The van der Waals surface area contributed by atoms with Gasteiger partial charge in [-0.15, -0.1) is 0 Å². The van der Waals surface area contributed by atoms with Crippen molar-refractivity contribution in [2.24, 2.45) is 7.05 Å². The molecule has 0 saturated carbocycles. The number of aromatic nitrogens is 4. The highest BCUT2D eigenvalue weighted by Gasteiger charge is 2.19. The number of benzene rings is 2. The number of rotatable bonds is 5. The molecule has 28 heavy (non-hydrogen) atoms. The van der Waals surface area contributed by atoms with Gasteiger partial charge in [0.1, 0.15) is 11.4 Å². The molecule has 0 aliphatic rings. The molecule has 0 saturated heterocycles. The Hall–Kier alpha value is -3.52. The minimum Gasteiger partial charge on any atom is -0.497 e. The van der Waals surface area contributed by atoms with Crippen LogP contribution in [0.4, 0.5) is 5.13 Å². The molecule has 140 valence electrons. The van der Waals surface area contributed by atoms with Gasteiger partial charge in [-0.25, -0.2) is 0 Å². The van der Waals surface area contributed by atoms with Gasteiger partial charge in [0.05, 0.1) is 12.7 Å². The van der Waals surface area contributed by atoms with Crippen molar-refractivity contribution in [1.82, 2.24) is 19.1 Å². The highest BCUT2D eigenvalue weighted by atomic mass is 32.1. The van der Waals surface area contributed by atoms with Crippen LogP contribution in [0.1, 0.15) is 10.4 Å². The molecule has 1 N–H and O–H groups in total. The lowest BCUT2D eigenvalue weighted by Gasteiger charge is -2.02. The number of carbonyl (C=O) groups is 1. The topological polar surface area (TPSA) is 81.9 Å². The number of methoxy groups -OCH3 is 1. The summed E-state index contributed by atoms with van der Waals surface area (Å²) < 4.78 is 11.1. The van der Waals surface area contributed by atoms with Crippen LogP contribution in [0.2, 0.25) is 0 Å². The number of hydrogen-bond acceptors (Lipinski definition) is 6. The number of ether oxygens (including phenoxy) is 1. The lowest BCUT2D eigenvalue weighted by Crippen LogP contribution is -2.12. The smallest absolute Gasteiger partial charge is 0.261 e. The first kappa shape index (κ1) is 17.9. The Kier molecular flexibility index (Phi) is 4.86. The molecule has 0 bridgehead atoms. The van der Waals surface area contributed by atoms with Crippen LogP contribution in [0.15, 0.2) is 60.8 Å². The van der Waals surface area contributed by atoms with Crippen LogP contribution in [0.3, 0.4) is 0 Å². The minimum atomic E-state index is -0.274. The summed E-state index contributed by atoms with van der Waals surface area (Å²) in [6, 6.07) is 17.0. The van der Waals surface area contributed by atoms with Gasteiger partial charge in [-0.05, 0) is 24.3 Å². The summed E-state index contributed by atoms with van der Waals surface area (Å²) in [5.74, 6) is 1.04. The van der Waals surface area contributed by atoms with Crippen molar-refractivity contribution in [3.8, 4) is 28.4 Å². The number of anilines is 1. The van der Waals surface area contributed by atoms with E-state index in [4.69, 9.17) is 4.74 Å². The Morgan fingerprint density at radius 3 is 2.54 bits per heavy atom.